The molecule has 2 N–H and O–H groups in total. The van der Waals surface area contributed by atoms with Gasteiger partial charge in [0.2, 0.25) is 0 Å². The Bertz CT molecular complexity index is 243. The first-order chi connectivity index (χ1) is 6.27. The highest BCUT2D eigenvalue weighted by molar-refractivity contribution is 5.23. The molecule has 1 aromatic carbocycles. The fourth-order valence-electron chi connectivity index (χ4n) is 1.41. The van der Waals surface area contributed by atoms with Crippen LogP contribution in [-0.4, -0.2) is 18.8 Å². The molecule has 0 aliphatic carbocycles. The van der Waals surface area contributed by atoms with E-state index in [4.69, 9.17) is 5.11 Å². The van der Waals surface area contributed by atoms with Crippen molar-refractivity contribution >= 4 is 0 Å². The van der Waals surface area contributed by atoms with Gasteiger partial charge in [-0.25, -0.2) is 0 Å². The van der Waals surface area contributed by atoms with Crippen LogP contribution in [0.4, 0.5) is 0 Å². The maximum atomic E-state index is 8.84. The molecule has 0 spiro atoms. The highest BCUT2D eigenvalue weighted by Crippen LogP contribution is 2.16. The standard InChI is InChI=1S/C11H17NO/c1-9-3-5-10(6-4-9)11(12-2)7-8-13/h3-6,11-13H,7-8H2,1-2H3. The lowest BCUT2D eigenvalue weighted by Crippen LogP contribution is -2.17. The van der Waals surface area contributed by atoms with Crippen LogP contribution in [0, 0.1) is 6.92 Å². The van der Waals surface area contributed by atoms with Crippen LogP contribution in [0.3, 0.4) is 0 Å². The maximum Gasteiger partial charge on any atom is 0.0449 e. The molecule has 2 nitrogen and oxygen atoms in total. The fourth-order valence-corrected chi connectivity index (χ4v) is 1.41. The van der Waals surface area contributed by atoms with Crippen molar-refractivity contribution in [1.29, 1.82) is 0 Å². The third kappa shape index (κ3) is 2.83. The van der Waals surface area contributed by atoms with E-state index in [0.29, 0.717) is 0 Å². The van der Waals surface area contributed by atoms with Crippen molar-refractivity contribution in [2.45, 2.75) is 19.4 Å². The van der Waals surface area contributed by atoms with Gasteiger partial charge in [-0.2, -0.15) is 0 Å². The molecule has 0 saturated heterocycles. The number of aliphatic hydroxyl groups is 1. The minimum atomic E-state index is 0.222. The Labute approximate surface area is 79.6 Å². The molecule has 13 heavy (non-hydrogen) atoms. The van der Waals surface area contributed by atoms with Crippen molar-refractivity contribution in [2.24, 2.45) is 0 Å². The third-order valence-electron chi connectivity index (χ3n) is 2.25. The highest BCUT2D eigenvalue weighted by atomic mass is 16.3. The van der Waals surface area contributed by atoms with Crippen LogP contribution in [0.2, 0.25) is 0 Å². The summed E-state index contributed by atoms with van der Waals surface area (Å²) in [6, 6.07) is 8.66. The smallest absolute Gasteiger partial charge is 0.0449 e. The predicted molar refractivity (Wildman–Crippen MR) is 54.7 cm³/mol. The first-order valence-corrected chi connectivity index (χ1v) is 4.62. The zero-order chi connectivity index (χ0) is 9.68. The SMILES string of the molecule is CNC(CCO)c1ccc(C)cc1. The van der Waals surface area contributed by atoms with Crippen molar-refractivity contribution in [3.63, 3.8) is 0 Å². The van der Waals surface area contributed by atoms with E-state index in [9.17, 15) is 0 Å². The summed E-state index contributed by atoms with van der Waals surface area (Å²) in [6.45, 7) is 2.30. The highest BCUT2D eigenvalue weighted by Gasteiger charge is 2.06. The van der Waals surface area contributed by atoms with Gasteiger partial charge in [-0.05, 0) is 26.0 Å². The largest absolute Gasteiger partial charge is 0.396 e. The molecule has 72 valence electrons. The number of benzene rings is 1. The predicted octanol–water partition coefficient (Wildman–Crippen LogP) is 1.64. The lowest BCUT2D eigenvalue weighted by molar-refractivity contribution is 0.269. The van der Waals surface area contributed by atoms with Gasteiger partial charge in [-0.15, -0.1) is 0 Å². The van der Waals surface area contributed by atoms with Crippen LogP contribution in [0.1, 0.15) is 23.6 Å². The van der Waals surface area contributed by atoms with E-state index >= 15 is 0 Å². The summed E-state index contributed by atoms with van der Waals surface area (Å²) >= 11 is 0. The summed E-state index contributed by atoms with van der Waals surface area (Å²) in [7, 11) is 1.92. The second-order valence-corrected chi connectivity index (χ2v) is 3.26. The Kier molecular flexibility index (Phi) is 3.93. The maximum absolute atomic E-state index is 8.84. The number of aryl methyl sites for hydroxylation is 1. The summed E-state index contributed by atoms with van der Waals surface area (Å²) in [6.07, 6.45) is 0.763. The lowest BCUT2D eigenvalue weighted by Gasteiger charge is -2.15. The Morgan fingerprint density at radius 3 is 2.38 bits per heavy atom. The Morgan fingerprint density at radius 2 is 1.92 bits per heavy atom. The number of aliphatic hydroxyl groups excluding tert-OH is 1. The minimum absolute atomic E-state index is 0.222. The van der Waals surface area contributed by atoms with Gasteiger partial charge >= 0.3 is 0 Å². The molecule has 1 rings (SSSR count). The average Bonchev–Trinajstić information content (AvgIpc) is 2.16. The Hall–Kier alpha value is -0.860. The van der Waals surface area contributed by atoms with Crippen LogP contribution in [-0.2, 0) is 0 Å². The quantitative estimate of drug-likeness (QED) is 0.736. The first kappa shape index (κ1) is 10.2. The molecule has 2 heteroatoms. The second kappa shape index (κ2) is 5.00. The molecule has 0 bridgehead atoms. The van der Waals surface area contributed by atoms with Crippen molar-refractivity contribution in [3.05, 3.63) is 35.4 Å². The molecule has 0 radical (unpaired) electrons. The topological polar surface area (TPSA) is 32.3 Å². The summed E-state index contributed by atoms with van der Waals surface area (Å²) in [5.41, 5.74) is 2.50. The molecule has 0 aliphatic rings. The zero-order valence-corrected chi connectivity index (χ0v) is 8.25. The third-order valence-corrected chi connectivity index (χ3v) is 2.25. The second-order valence-electron chi connectivity index (χ2n) is 3.26. The Balaban J connectivity index is 2.73. The zero-order valence-electron chi connectivity index (χ0n) is 8.25. The summed E-state index contributed by atoms with van der Waals surface area (Å²) in [4.78, 5) is 0. The molecule has 1 atom stereocenters. The van der Waals surface area contributed by atoms with Crippen molar-refractivity contribution in [1.82, 2.24) is 5.32 Å². The van der Waals surface area contributed by atoms with Crippen molar-refractivity contribution in [3.8, 4) is 0 Å². The van der Waals surface area contributed by atoms with E-state index in [1.54, 1.807) is 0 Å². The summed E-state index contributed by atoms with van der Waals surface area (Å²) in [5.74, 6) is 0. The molecule has 0 aliphatic heterocycles. The van der Waals surface area contributed by atoms with Crippen LogP contribution < -0.4 is 5.32 Å². The molecule has 1 aromatic rings. The van der Waals surface area contributed by atoms with Crippen LogP contribution in [0.25, 0.3) is 0 Å². The number of hydrogen-bond donors (Lipinski definition) is 2. The fraction of sp³-hybridized carbons (Fsp3) is 0.455. The molecular formula is C11H17NO. The van der Waals surface area contributed by atoms with Crippen LogP contribution in [0.15, 0.2) is 24.3 Å². The molecule has 0 saturated carbocycles. The van der Waals surface area contributed by atoms with Gasteiger partial charge in [0, 0.05) is 12.6 Å². The average molecular weight is 179 g/mol. The molecular weight excluding hydrogens is 162 g/mol. The normalized spacial score (nSPS) is 12.8. The van der Waals surface area contributed by atoms with Gasteiger partial charge in [-0.1, -0.05) is 29.8 Å². The molecule has 0 amide bonds. The Morgan fingerprint density at radius 1 is 1.31 bits per heavy atom. The van der Waals surface area contributed by atoms with E-state index in [1.165, 1.54) is 11.1 Å². The van der Waals surface area contributed by atoms with Gasteiger partial charge < -0.3 is 10.4 Å². The van der Waals surface area contributed by atoms with Crippen LogP contribution >= 0.6 is 0 Å². The molecule has 0 aromatic heterocycles. The van der Waals surface area contributed by atoms with Gasteiger partial charge in [0.15, 0.2) is 0 Å². The molecule has 1 unspecified atom stereocenters. The van der Waals surface area contributed by atoms with E-state index in [-0.39, 0.29) is 12.6 Å². The number of rotatable bonds is 4. The van der Waals surface area contributed by atoms with Gasteiger partial charge in [-0.3, -0.25) is 0 Å². The van der Waals surface area contributed by atoms with Crippen molar-refractivity contribution in [2.75, 3.05) is 13.7 Å². The van der Waals surface area contributed by atoms with Gasteiger partial charge in [0.1, 0.15) is 0 Å². The van der Waals surface area contributed by atoms with Gasteiger partial charge in [0.05, 0.1) is 0 Å². The van der Waals surface area contributed by atoms with E-state index in [0.717, 1.165) is 6.42 Å². The monoisotopic (exact) mass is 179 g/mol. The lowest BCUT2D eigenvalue weighted by atomic mass is 10.0. The summed E-state index contributed by atoms with van der Waals surface area (Å²) in [5, 5.41) is 12.0. The number of nitrogens with one attached hydrogen (secondary N) is 1. The van der Waals surface area contributed by atoms with Gasteiger partial charge in [0.25, 0.3) is 0 Å². The van der Waals surface area contributed by atoms with E-state index < -0.39 is 0 Å². The van der Waals surface area contributed by atoms with Crippen molar-refractivity contribution < 1.29 is 5.11 Å². The summed E-state index contributed by atoms with van der Waals surface area (Å²) < 4.78 is 0. The molecule has 0 heterocycles. The van der Waals surface area contributed by atoms with E-state index in [2.05, 4.69) is 36.5 Å². The molecule has 0 fully saturated rings. The number of hydrogen-bond acceptors (Lipinski definition) is 2. The van der Waals surface area contributed by atoms with E-state index in [1.807, 2.05) is 7.05 Å². The van der Waals surface area contributed by atoms with Crippen LogP contribution in [0.5, 0.6) is 0 Å². The first-order valence-electron chi connectivity index (χ1n) is 4.62. The minimum Gasteiger partial charge on any atom is -0.396 e.